The molecule has 2 aromatic heterocycles. The second-order valence-electron chi connectivity index (χ2n) is 7.25. The quantitative estimate of drug-likeness (QED) is 0.725. The lowest BCUT2D eigenvalue weighted by atomic mass is 9.78. The molecule has 1 N–H and O–H groups in total. The van der Waals surface area contributed by atoms with Gasteiger partial charge in [-0.25, -0.2) is 9.37 Å². The maximum Gasteiger partial charge on any atom is 0.279 e. The number of thiazole rings is 1. The van der Waals surface area contributed by atoms with E-state index in [2.05, 4.69) is 15.5 Å². The maximum atomic E-state index is 13.8. The van der Waals surface area contributed by atoms with Gasteiger partial charge in [-0.05, 0) is 24.0 Å². The fourth-order valence-corrected chi connectivity index (χ4v) is 4.02. The number of ketones is 1. The van der Waals surface area contributed by atoms with E-state index in [4.69, 9.17) is 4.52 Å². The van der Waals surface area contributed by atoms with Gasteiger partial charge in [0.15, 0.2) is 22.4 Å². The Labute approximate surface area is 158 Å². The molecule has 3 aromatic rings. The molecular formula is C19H16FN3O3S. The zero-order chi connectivity index (χ0) is 19.2. The molecule has 0 radical (unpaired) electrons. The molecule has 138 valence electrons. The molecule has 0 saturated carbocycles. The standard InChI is InChI=1S/C19H16FN3O3S/c1-19(2)8-13-16(14(24)9-19)27-18(21-13)22-17(25)12-7-15(26-23-12)10-5-3-4-6-11(10)20/h3-7H,8-9H2,1-2H3,(H,21,22,25). The highest BCUT2D eigenvalue weighted by atomic mass is 32.1. The Balaban J connectivity index is 1.54. The monoisotopic (exact) mass is 385 g/mol. The average molecular weight is 385 g/mol. The van der Waals surface area contributed by atoms with Gasteiger partial charge in [-0.15, -0.1) is 0 Å². The molecule has 4 rings (SSSR count). The third kappa shape index (κ3) is 3.40. The average Bonchev–Trinajstić information content (AvgIpc) is 3.21. The Kier molecular flexibility index (Phi) is 4.15. The number of hydrogen-bond donors (Lipinski definition) is 1. The molecule has 27 heavy (non-hydrogen) atoms. The van der Waals surface area contributed by atoms with E-state index in [1.54, 1.807) is 18.2 Å². The molecule has 0 bridgehead atoms. The second-order valence-corrected chi connectivity index (χ2v) is 8.25. The number of nitrogens with zero attached hydrogens (tertiary/aromatic N) is 2. The first-order chi connectivity index (χ1) is 12.8. The highest BCUT2D eigenvalue weighted by molar-refractivity contribution is 7.17. The summed E-state index contributed by atoms with van der Waals surface area (Å²) in [5, 5.41) is 6.69. The molecule has 0 saturated heterocycles. The number of benzene rings is 1. The van der Waals surface area contributed by atoms with Crippen LogP contribution < -0.4 is 5.32 Å². The number of amides is 1. The predicted molar refractivity (Wildman–Crippen MR) is 98.4 cm³/mol. The van der Waals surface area contributed by atoms with Crippen molar-refractivity contribution in [3.63, 3.8) is 0 Å². The zero-order valence-corrected chi connectivity index (χ0v) is 15.5. The zero-order valence-electron chi connectivity index (χ0n) is 14.7. The summed E-state index contributed by atoms with van der Waals surface area (Å²) in [5.74, 6) is -0.787. The molecule has 2 heterocycles. The van der Waals surface area contributed by atoms with E-state index in [-0.39, 0.29) is 28.2 Å². The summed E-state index contributed by atoms with van der Waals surface area (Å²) in [6.45, 7) is 4.04. The van der Waals surface area contributed by atoms with Crippen LogP contribution in [0.2, 0.25) is 0 Å². The summed E-state index contributed by atoms with van der Waals surface area (Å²) >= 11 is 1.16. The van der Waals surface area contributed by atoms with Gasteiger partial charge in [-0.2, -0.15) is 0 Å². The van der Waals surface area contributed by atoms with Crippen molar-refractivity contribution in [2.45, 2.75) is 26.7 Å². The van der Waals surface area contributed by atoms with Crippen molar-refractivity contribution in [3.8, 4) is 11.3 Å². The summed E-state index contributed by atoms with van der Waals surface area (Å²) in [6.07, 6.45) is 1.15. The van der Waals surface area contributed by atoms with Crippen molar-refractivity contribution in [1.29, 1.82) is 0 Å². The molecule has 1 amide bonds. The molecule has 0 unspecified atom stereocenters. The lowest BCUT2D eigenvalue weighted by Crippen LogP contribution is -2.26. The predicted octanol–water partition coefficient (Wildman–Crippen LogP) is 4.34. The highest BCUT2D eigenvalue weighted by Gasteiger charge is 2.34. The van der Waals surface area contributed by atoms with Crippen molar-refractivity contribution < 1.29 is 18.5 Å². The number of hydrogen-bond acceptors (Lipinski definition) is 6. The molecule has 1 aliphatic carbocycles. The van der Waals surface area contributed by atoms with Gasteiger partial charge in [0.2, 0.25) is 0 Å². The van der Waals surface area contributed by atoms with Gasteiger partial charge < -0.3 is 4.52 Å². The molecule has 1 aromatic carbocycles. The van der Waals surface area contributed by atoms with Crippen LogP contribution in [0.5, 0.6) is 0 Å². The number of halogens is 1. The smallest absolute Gasteiger partial charge is 0.279 e. The third-order valence-electron chi connectivity index (χ3n) is 4.34. The maximum absolute atomic E-state index is 13.8. The Morgan fingerprint density at radius 3 is 2.85 bits per heavy atom. The minimum absolute atomic E-state index is 0.00748. The van der Waals surface area contributed by atoms with Crippen molar-refractivity contribution in [2.75, 3.05) is 5.32 Å². The summed E-state index contributed by atoms with van der Waals surface area (Å²) in [5.41, 5.74) is 0.804. The second kappa shape index (κ2) is 6.38. The van der Waals surface area contributed by atoms with Gasteiger partial charge in [-0.3, -0.25) is 14.9 Å². The van der Waals surface area contributed by atoms with Gasteiger partial charge in [0.25, 0.3) is 5.91 Å². The van der Waals surface area contributed by atoms with E-state index in [0.29, 0.717) is 28.5 Å². The van der Waals surface area contributed by atoms with Crippen molar-refractivity contribution in [3.05, 3.63) is 52.4 Å². The number of carbonyl (C=O) groups excluding carboxylic acids is 2. The van der Waals surface area contributed by atoms with Crippen molar-refractivity contribution in [1.82, 2.24) is 10.1 Å². The molecule has 0 spiro atoms. The molecule has 8 heteroatoms. The lowest BCUT2D eigenvalue weighted by Gasteiger charge is -2.26. The largest absolute Gasteiger partial charge is 0.355 e. The number of carbonyl (C=O) groups is 2. The van der Waals surface area contributed by atoms with Gasteiger partial charge in [0, 0.05) is 12.5 Å². The van der Waals surface area contributed by atoms with E-state index in [1.165, 1.54) is 12.1 Å². The minimum Gasteiger partial charge on any atom is -0.355 e. The van der Waals surface area contributed by atoms with Gasteiger partial charge in [-0.1, -0.05) is 42.5 Å². The third-order valence-corrected chi connectivity index (χ3v) is 5.39. The molecule has 0 atom stereocenters. The number of rotatable bonds is 3. The number of fused-ring (bicyclic) bond motifs is 1. The fourth-order valence-electron chi connectivity index (χ4n) is 3.10. The van der Waals surface area contributed by atoms with E-state index < -0.39 is 11.7 Å². The lowest BCUT2D eigenvalue weighted by molar-refractivity contribution is 0.0915. The van der Waals surface area contributed by atoms with Crippen LogP contribution in [0.15, 0.2) is 34.9 Å². The summed E-state index contributed by atoms with van der Waals surface area (Å²) < 4.78 is 18.9. The SMILES string of the molecule is CC1(C)CC(=O)c2sc(NC(=O)c3cc(-c4ccccc4F)on3)nc2C1. The number of anilines is 1. The summed E-state index contributed by atoms with van der Waals surface area (Å²) in [4.78, 5) is 29.7. The highest BCUT2D eigenvalue weighted by Crippen LogP contribution is 2.38. The summed E-state index contributed by atoms with van der Waals surface area (Å²) in [7, 11) is 0. The van der Waals surface area contributed by atoms with Crippen LogP contribution in [0.25, 0.3) is 11.3 Å². The fraction of sp³-hybridized carbons (Fsp3) is 0.263. The van der Waals surface area contributed by atoms with E-state index in [9.17, 15) is 14.0 Å². The van der Waals surface area contributed by atoms with E-state index in [1.807, 2.05) is 13.8 Å². The molecule has 1 aliphatic rings. The number of aromatic nitrogens is 2. The number of nitrogens with one attached hydrogen (secondary N) is 1. The minimum atomic E-state index is -0.529. The Hall–Kier alpha value is -2.87. The molecular weight excluding hydrogens is 369 g/mol. The summed E-state index contributed by atoms with van der Waals surface area (Å²) in [6, 6.07) is 7.44. The number of Topliss-reactive ketones (excluding diaryl/α,β-unsaturated/α-hetero) is 1. The Morgan fingerprint density at radius 1 is 1.30 bits per heavy atom. The van der Waals surface area contributed by atoms with Gasteiger partial charge in [0.05, 0.1) is 16.1 Å². The van der Waals surface area contributed by atoms with Crippen LogP contribution >= 0.6 is 11.3 Å². The van der Waals surface area contributed by atoms with Crippen LogP contribution in [0.3, 0.4) is 0 Å². The van der Waals surface area contributed by atoms with Gasteiger partial charge in [0.1, 0.15) is 5.82 Å². The molecule has 0 fully saturated rings. The first-order valence-corrected chi connectivity index (χ1v) is 9.20. The molecule has 6 nitrogen and oxygen atoms in total. The van der Waals surface area contributed by atoms with Gasteiger partial charge >= 0.3 is 0 Å². The van der Waals surface area contributed by atoms with Crippen LogP contribution in [0, 0.1) is 11.2 Å². The van der Waals surface area contributed by atoms with E-state index >= 15 is 0 Å². The Morgan fingerprint density at radius 2 is 2.07 bits per heavy atom. The molecule has 0 aliphatic heterocycles. The van der Waals surface area contributed by atoms with Crippen LogP contribution in [0.4, 0.5) is 9.52 Å². The van der Waals surface area contributed by atoms with Crippen molar-refractivity contribution >= 4 is 28.2 Å². The topological polar surface area (TPSA) is 85.1 Å². The Bertz CT molecular complexity index is 1050. The normalized spacial score (nSPS) is 15.4. The van der Waals surface area contributed by atoms with Crippen LogP contribution in [0.1, 0.15) is 46.1 Å². The van der Waals surface area contributed by atoms with Crippen LogP contribution in [-0.2, 0) is 6.42 Å². The first-order valence-electron chi connectivity index (χ1n) is 8.38. The first kappa shape index (κ1) is 17.5. The van der Waals surface area contributed by atoms with E-state index in [0.717, 1.165) is 11.3 Å². The van der Waals surface area contributed by atoms with Crippen LogP contribution in [-0.4, -0.2) is 21.8 Å². The van der Waals surface area contributed by atoms with Crippen molar-refractivity contribution in [2.24, 2.45) is 5.41 Å².